The topological polar surface area (TPSA) is 68.2 Å². The summed E-state index contributed by atoms with van der Waals surface area (Å²) in [4.78, 5) is 4.47. The van der Waals surface area contributed by atoms with Crippen molar-refractivity contribution < 1.29 is 0 Å². The quantitative estimate of drug-likeness (QED) is 0.848. The van der Waals surface area contributed by atoms with Gasteiger partial charge in [-0.3, -0.25) is 0 Å². The van der Waals surface area contributed by atoms with Gasteiger partial charge in [-0.15, -0.1) is 0 Å². The van der Waals surface area contributed by atoms with E-state index in [-0.39, 0.29) is 0 Å². The monoisotopic (exact) mass is 273 g/mol. The molecule has 0 atom stereocenters. The van der Waals surface area contributed by atoms with Gasteiger partial charge in [0.1, 0.15) is 5.52 Å². The lowest BCUT2D eigenvalue weighted by Crippen LogP contribution is -2.19. The minimum Gasteiger partial charge on any atom is -0.368 e. The van der Waals surface area contributed by atoms with E-state index in [9.17, 15) is 0 Å². The Morgan fingerprint density at radius 2 is 2.25 bits per heavy atom. The van der Waals surface area contributed by atoms with Crippen LogP contribution in [0.1, 0.15) is 44.7 Å². The van der Waals surface area contributed by atoms with Gasteiger partial charge in [-0.05, 0) is 43.2 Å². The molecule has 3 rings (SSSR count). The lowest BCUT2D eigenvalue weighted by Gasteiger charge is -2.15. The first-order chi connectivity index (χ1) is 9.63. The molecule has 2 aromatic heterocycles. The highest BCUT2D eigenvalue weighted by Crippen LogP contribution is 2.48. The highest BCUT2D eigenvalue weighted by molar-refractivity contribution is 5.68. The van der Waals surface area contributed by atoms with Crippen molar-refractivity contribution in [2.24, 2.45) is 11.1 Å². The summed E-state index contributed by atoms with van der Waals surface area (Å²) in [5, 5.41) is 8.09. The van der Waals surface area contributed by atoms with E-state index in [0.29, 0.717) is 11.3 Å². The lowest BCUT2D eigenvalue weighted by molar-refractivity contribution is 0.500. The Morgan fingerprint density at radius 1 is 1.45 bits per heavy atom. The van der Waals surface area contributed by atoms with Crippen molar-refractivity contribution in [2.75, 3.05) is 18.4 Å². The van der Waals surface area contributed by atoms with E-state index < -0.39 is 0 Å². The summed E-state index contributed by atoms with van der Waals surface area (Å²) in [5.41, 5.74) is 8.26. The third-order valence-electron chi connectivity index (χ3n) is 4.26. The van der Waals surface area contributed by atoms with Crippen LogP contribution < -0.4 is 11.1 Å². The molecule has 5 heteroatoms. The fourth-order valence-electron chi connectivity index (χ4n) is 2.63. The SMILES string of the molecule is CC(C)c1cc2c(NCC3(CCN)CC3)nccn2n1. The molecule has 20 heavy (non-hydrogen) atoms. The number of anilines is 1. The molecule has 0 bridgehead atoms. The molecule has 0 aromatic carbocycles. The first-order valence-electron chi connectivity index (χ1n) is 7.42. The van der Waals surface area contributed by atoms with Crippen molar-refractivity contribution in [1.82, 2.24) is 14.6 Å². The van der Waals surface area contributed by atoms with Gasteiger partial charge in [0.2, 0.25) is 0 Å². The number of rotatable bonds is 6. The molecule has 2 aromatic rings. The molecule has 0 spiro atoms. The predicted molar refractivity (Wildman–Crippen MR) is 80.9 cm³/mol. The fraction of sp³-hybridized carbons (Fsp3) is 0.600. The number of fused-ring (bicyclic) bond motifs is 1. The summed E-state index contributed by atoms with van der Waals surface area (Å²) in [7, 11) is 0. The average Bonchev–Trinajstić information content (AvgIpc) is 3.03. The van der Waals surface area contributed by atoms with Crippen molar-refractivity contribution in [1.29, 1.82) is 0 Å². The van der Waals surface area contributed by atoms with Crippen molar-refractivity contribution >= 4 is 11.3 Å². The minimum absolute atomic E-state index is 0.407. The van der Waals surface area contributed by atoms with Crippen LogP contribution in [0.2, 0.25) is 0 Å². The summed E-state index contributed by atoms with van der Waals surface area (Å²) >= 11 is 0. The Bertz CT molecular complexity index is 597. The van der Waals surface area contributed by atoms with E-state index in [1.54, 1.807) is 6.20 Å². The predicted octanol–water partition coefficient (Wildman–Crippen LogP) is 2.39. The van der Waals surface area contributed by atoms with Gasteiger partial charge in [0, 0.05) is 18.9 Å². The van der Waals surface area contributed by atoms with E-state index >= 15 is 0 Å². The van der Waals surface area contributed by atoms with Gasteiger partial charge in [0.15, 0.2) is 5.82 Å². The van der Waals surface area contributed by atoms with E-state index in [0.717, 1.165) is 36.5 Å². The smallest absolute Gasteiger partial charge is 0.152 e. The second-order valence-corrected chi connectivity index (χ2v) is 6.22. The Balaban J connectivity index is 1.81. The first-order valence-corrected chi connectivity index (χ1v) is 7.42. The number of hydrogen-bond donors (Lipinski definition) is 2. The second-order valence-electron chi connectivity index (χ2n) is 6.22. The van der Waals surface area contributed by atoms with Crippen LogP contribution in [-0.2, 0) is 0 Å². The molecule has 0 aliphatic heterocycles. The van der Waals surface area contributed by atoms with Crippen LogP contribution in [0.3, 0.4) is 0 Å². The van der Waals surface area contributed by atoms with Crippen LogP contribution in [0, 0.1) is 5.41 Å². The van der Waals surface area contributed by atoms with E-state index in [1.807, 2.05) is 10.7 Å². The lowest BCUT2D eigenvalue weighted by atomic mass is 10.0. The first kappa shape index (κ1) is 13.4. The molecule has 1 aliphatic carbocycles. The van der Waals surface area contributed by atoms with E-state index in [4.69, 9.17) is 5.73 Å². The van der Waals surface area contributed by atoms with Gasteiger partial charge < -0.3 is 11.1 Å². The summed E-state index contributed by atoms with van der Waals surface area (Å²) < 4.78 is 1.91. The molecular formula is C15H23N5. The van der Waals surface area contributed by atoms with Crippen molar-refractivity contribution in [3.8, 4) is 0 Å². The van der Waals surface area contributed by atoms with Crippen molar-refractivity contribution in [3.63, 3.8) is 0 Å². The number of nitrogens with zero attached hydrogens (tertiary/aromatic N) is 3. The maximum atomic E-state index is 5.69. The standard InChI is InChI=1S/C15H23N5/c1-11(2)12-9-13-14(17-7-8-20(13)19-12)18-10-15(3-4-15)5-6-16/h7-9,11H,3-6,10,16H2,1-2H3,(H,17,18). The zero-order valence-electron chi connectivity index (χ0n) is 12.3. The molecule has 5 nitrogen and oxygen atoms in total. The van der Waals surface area contributed by atoms with Gasteiger partial charge in [-0.25, -0.2) is 9.50 Å². The largest absolute Gasteiger partial charge is 0.368 e. The molecule has 3 N–H and O–H groups in total. The Morgan fingerprint density at radius 3 is 2.90 bits per heavy atom. The summed E-state index contributed by atoms with van der Waals surface area (Å²) in [5.74, 6) is 1.35. The minimum atomic E-state index is 0.407. The van der Waals surface area contributed by atoms with Crippen LogP contribution >= 0.6 is 0 Å². The summed E-state index contributed by atoms with van der Waals surface area (Å²) in [6.07, 6.45) is 7.35. The molecule has 0 amide bonds. The van der Waals surface area contributed by atoms with Gasteiger partial charge in [0.05, 0.1) is 5.69 Å². The van der Waals surface area contributed by atoms with Crippen LogP contribution in [0.5, 0.6) is 0 Å². The Kier molecular flexibility index (Phi) is 3.38. The van der Waals surface area contributed by atoms with Gasteiger partial charge >= 0.3 is 0 Å². The van der Waals surface area contributed by atoms with Crippen LogP contribution in [0.4, 0.5) is 5.82 Å². The third kappa shape index (κ3) is 2.50. The van der Waals surface area contributed by atoms with Crippen LogP contribution in [0.15, 0.2) is 18.5 Å². The van der Waals surface area contributed by atoms with Crippen molar-refractivity contribution in [3.05, 3.63) is 24.2 Å². The molecule has 1 saturated carbocycles. The highest BCUT2D eigenvalue weighted by atomic mass is 15.2. The number of hydrogen-bond acceptors (Lipinski definition) is 4. The Hall–Kier alpha value is -1.62. The number of nitrogens with one attached hydrogen (secondary N) is 1. The fourth-order valence-corrected chi connectivity index (χ4v) is 2.63. The molecule has 0 radical (unpaired) electrons. The molecule has 108 valence electrons. The highest BCUT2D eigenvalue weighted by Gasteiger charge is 2.41. The summed E-state index contributed by atoms with van der Waals surface area (Å²) in [6.45, 7) is 6.04. The molecule has 1 fully saturated rings. The Labute approximate surface area is 119 Å². The molecular weight excluding hydrogens is 250 g/mol. The maximum Gasteiger partial charge on any atom is 0.152 e. The summed E-state index contributed by atoms with van der Waals surface area (Å²) in [6, 6.07) is 2.13. The zero-order valence-corrected chi connectivity index (χ0v) is 12.3. The van der Waals surface area contributed by atoms with Gasteiger partial charge in [-0.2, -0.15) is 5.10 Å². The van der Waals surface area contributed by atoms with Crippen LogP contribution in [-0.4, -0.2) is 27.7 Å². The molecule has 2 heterocycles. The third-order valence-corrected chi connectivity index (χ3v) is 4.26. The van der Waals surface area contributed by atoms with E-state index in [1.165, 1.54) is 12.8 Å². The molecule has 0 saturated heterocycles. The van der Waals surface area contributed by atoms with Gasteiger partial charge in [0.25, 0.3) is 0 Å². The van der Waals surface area contributed by atoms with Gasteiger partial charge in [-0.1, -0.05) is 13.8 Å². The van der Waals surface area contributed by atoms with Crippen molar-refractivity contribution in [2.45, 2.75) is 39.0 Å². The molecule has 1 aliphatic rings. The zero-order chi connectivity index (χ0) is 14.2. The maximum absolute atomic E-state index is 5.69. The number of nitrogens with two attached hydrogens (primary N) is 1. The second kappa shape index (κ2) is 5.05. The average molecular weight is 273 g/mol. The van der Waals surface area contributed by atoms with E-state index in [2.05, 4.69) is 35.3 Å². The molecule has 0 unspecified atom stereocenters. The number of aromatic nitrogens is 3. The normalized spacial score (nSPS) is 16.8. The van der Waals surface area contributed by atoms with Crippen LogP contribution in [0.25, 0.3) is 5.52 Å².